The quantitative estimate of drug-likeness (QED) is 0.405. The Labute approximate surface area is 167 Å². The maximum atomic E-state index is 13.4. The molecule has 2 heterocycles. The zero-order valence-electron chi connectivity index (χ0n) is 16.8. The highest BCUT2D eigenvalue weighted by Crippen LogP contribution is 2.20. The third-order valence-electron chi connectivity index (χ3n) is 5.19. The first kappa shape index (κ1) is 20.9. The second-order valence-electron chi connectivity index (χ2n) is 7.36. The van der Waals surface area contributed by atoms with Gasteiger partial charge in [0.2, 0.25) is 0 Å². The molecule has 7 heteroatoms. The summed E-state index contributed by atoms with van der Waals surface area (Å²) in [4.78, 5) is 6.87. The highest BCUT2D eigenvalue weighted by Gasteiger charge is 2.20. The zero-order valence-corrected chi connectivity index (χ0v) is 16.8. The molecule has 1 unspecified atom stereocenters. The van der Waals surface area contributed by atoms with Crippen molar-refractivity contribution in [3.8, 4) is 0 Å². The fraction of sp³-hybridized carbons (Fsp3) is 0.667. The van der Waals surface area contributed by atoms with Gasteiger partial charge in [-0.3, -0.25) is 4.99 Å². The SMILES string of the molecule is CCNC(=NCCOCC1CCCO1)NC1CCN(c2cccc(F)c2)CC1. The molecule has 6 nitrogen and oxygen atoms in total. The number of benzene rings is 1. The number of halogens is 1. The molecule has 0 radical (unpaired) electrons. The molecule has 0 aliphatic carbocycles. The Morgan fingerprint density at radius 1 is 1.32 bits per heavy atom. The van der Waals surface area contributed by atoms with Gasteiger partial charge >= 0.3 is 0 Å². The number of ether oxygens (including phenoxy) is 2. The van der Waals surface area contributed by atoms with Gasteiger partial charge in [-0.05, 0) is 50.8 Å². The van der Waals surface area contributed by atoms with Crippen molar-refractivity contribution < 1.29 is 13.9 Å². The molecule has 2 N–H and O–H groups in total. The van der Waals surface area contributed by atoms with E-state index in [-0.39, 0.29) is 11.9 Å². The fourth-order valence-electron chi connectivity index (χ4n) is 3.68. The number of nitrogens with one attached hydrogen (secondary N) is 2. The zero-order chi connectivity index (χ0) is 19.6. The molecule has 1 atom stereocenters. The number of rotatable bonds is 8. The van der Waals surface area contributed by atoms with Crippen LogP contribution in [0.3, 0.4) is 0 Å². The van der Waals surface area contributed by atoms with E-state index in [1.165, 1.54) is 6.07 Å². The summed E-state index contributed by atoms with van der Waals surface area (Å²) < 4.78 is 24.7. The van der Waals surface area contributed by atoms with Crippen molar-refractivity contribution in [2.75, 3.05) is 50.9 Å². The van der Waals surface area contributed by atoms with E-state index in [1.54, 1.807) is 12.1 Å². The highest BCUT2D eigenvalue weighted by atomic mass is 19.1. The van der Waals surface area contributed by atoms with Gasteiger partial charge in [0.1, 0.15) is 5.82 Å². The number of aliphatic imine (C=N–C) groups is 1. The van der Waals surface area contributed by atoms with E-state index in [1.807, 2.05) is 6.07 Å². The summed E-state index contributed by atoms with van der Waals surface area (Å²) in [7, 11) is 0. The van der Waals surface area contributed by atoms with Crippen molar-refractivity contribution in [2.24, 2.45) is 4.99 Å². The molecule has 156 valence electrons. The van der Waals surface area contributed by atoms with Crippen molar-refractivity contribution in [3.05, 3.63) is 30.1 Å². The Bertz CT molecular complexity index is 614. The van der Waals surface area contributed by atoms with E-state index in [0.29, 0.717) is 25.8 Å². The lowest BCUT2D eigenvalue weighted by Crippen LogP contribution is -2.48. The van der Waals surface area contributed by atoms with Crippen LogP contribution in [0.1, 0.15) is 32.6 Å². The summed E-state index contributed by atoms with van der Waals surface area (Å²) in [6, 6.07) is 7.21. The third kappa shape index (κ3) is 6.63. The standard InChI is InChI=1S/C21H33FN4O2/c1-2-23-21(24-10-14-27-16-20-7-4-13-28-20)25-18-8-11-26(12-9-18)19-6-3-5-17(22)15-19/h3,5-6,15,18,20H,2,4,7-14,16H2,1H3,(H2,23,24,25). The first-order valence-corrected chi connectivity index (χ1v) is 10.5. The minimum absolute atomic E-state index is 0.180. The molecule has 1 aromatic carbocycles. The van der Waals surface area contributed by atoms with Crippen molar-refractivity contribution in [1.82, 2.24) is 10.6 Å². The first-order valence-electron chi connectivity index (χ1n) is 10.5. The minimum atomic E-state index is -0.180. The molecule has 1 aromatic rings. The van der Waals surface area contributed by atoms with Crippen molar-refractivity contribution >= 4 is 11.6 Å². The van der Waals surface area contributed by atoms with Crippen LogP contribution in [-0.2, 0) is 9.47 Å². The molecule has 0 saturated carbocycles. The number of hydrogen-bond donors (Lipinski definition) is 2. The number of guanidine groups is 1. The van der Waals surface area contributed by atoms with Crippen LogP contribution in [0.15, 0.2) is 29.3 Å². The second-order valence-corrected chi connectivity index (χ2v) is 7.36. The molecule has 2 aliphatic rings. The van der Waals surface area contributed by atoms with E-state index >= 15 is 0 Å². The molecule has 28 heavy (non-hydrogen) atoms. The molecule has 0 spiro atoms. The summed E-state index contributed by atoms with van der Waals surface area (Å²) in [6.45, 7) is 7.47. The van der Waals surface area contributed by atoms with Crippen molar-refractivity contribution in [1.29, 1.82) is 0 Å². The molecule has 2 aliphatic heterocycles. The lowest BCUT2D eigenvalue weighted by Gasteiger charge is -2.34. The van der Waals surface area contributed by atoms with E-state index in [9.17, 15) is 4.39 Å². The Balaban J connectivity index is 1.38. The van der Waals surface area contributed by atoms with E-state index < -0.39 is 0 Å². The lowest BCUT2D eigenvalue weighted by molar-refractivity contribution is 0.0200. The van der Waals surface area contributed by atoms with Gasteiger partial charge in [-0.15, -0.1) is 0 Å². The number of anilines is 1. The van der Waals surface area contributed by atoms with Crippen LogP contribution in [0.5, 0.6) is 0 Å². The van der Waals surface area contributed by atoms with Crippen LogP contribution in [-0.4, -0.2) is 64.1 Å². The number of hydrogen-bond acceptors (Lipinski definition) is 4. The first-order chi connectivity index (χ1) is 13.7. The van der Waals surface area contributed by atoms with Crippen LogP contribution in [0.2, 0.25) is 0 Å². The molecule has 2 saturated heterocycles. The van der Waals surface area contributed by atoms with Crippen molar-refractivity contribution in [3.63, 3.8) is 0 Å². The average molecular weight is 393 g/mol. The van der Waals surface area contributed by atoms with Gasteiger partial charge < -0.3 is 25.0 Å². The van der Waals surface area contributed by atoms with Crippen LogP contribution in [0.25, 0.3) is 0 Å². The summed E-state index contributed by atoms with van der Waals surface area (Å²) in [6.07, 6.45) is 4.49. The van der Waals surface area contributed by atoms with E-state index in [0.717, 1.165) is 63.6 Å². The van der Waals surface area contributed by atoms with Crippen LogP contribution in [0, 0.1) is 5.82 Å². The molecule has 3 rings (SSSR count). The average Bonchev–Trinajstić information content (AvgIpc) is 3.22. The minimum Gasteiger partial charge on any atom is -0.377 e. The predicted octanol–water partition coefficient (Wildman–Crippen LogP) is 2.55. The van der Waals surface area contributed by atoms with Crippen LogP contribution in [0.4, 0.5) is 10.1 Å². The Kier molecular flexibility index (Phi) is 8.36. The molecular formula is C21H33FN4O2. The van der Waals surface area contributed by atoms with Gasteiger partial charge in [0.25, 0.3) is 0 Å². The topological polar surface area (TPSA) is 58.1 Å². The largest absolute Gasteiger partial charge is 0.377 e. The molecule has 0 bridgehead atoms. The van der Waals surface area contributed by atoms with Gasteiger partial charge in [0, 0.05) is 38.0 Å². The number of nitrogens with zero attached hydrogens (tertiary/aromatic N) is 2. The van der Waals surface area contributed by atoms with Crippen molar-refractivity contribution in [2.45, 2.75) is 44.8 Å². The van der Waals surface area contributed by atoms with Gasteiger partial charge in [-0.2, -0.15) is 0 Å². The Morgan fingerprint density at radius 3 is 2.89 bits per heavy atom. The molecule has 2 fully saturated rings. The third-order valence-corrected chi connectivity index (χ3v) is 5.19. The number of piperidine rings is 1. The summed E-state index contributed by atoms with van der Waals surface area (Å²) in [5, 5.41) is 6.84. The predicted molar refractivity (Wildman–Crippen MR) is 111 cm³/mol. The van der Waals surface area contributed by atoms with Gasteiger partial charge in [0.15, 0.2) is 5.96 Å². The summed E-state index contributed by atoms with van der Waals surface area (Å²) in [5.41, 5.74) is 0.961. The van der Waals surface area contributed by atoms with E-state index in [2.05, 4.69) is 27.4 Å². The van der Waals surface area contributed by atoms with Crippen LogP contribution < -0.4 is 15.5 Å². The van der Waals surface area contributed by atoms with Crippen LogP contribution >= 0.6 is 0 Å². The normalized spacial score (nSPS) is 21.1. The smallest absolute Gasteiger partial charge is 0.191 e. The maximum Gasteiger partial charge on any atom is 0.191 e. The second kappa shape index (κ2) is 11.2. The highest BCUT2D eigenvalue weighted by molar-refractivity contribution is 5.80. The monoisotopic (exact) mass is 392 g/mol. The lowest BCUT2D eigenvalue weighted by atomic mass is 10.0. The Morgan fingerprint density at radius 2 is 2.18 bits per heavy atom. The molecule has 0 amide bonds. The summed E-state index contributed by atoms with van der Waals surface area (Å²) in [5.74, 6) is 0.661. The fourth-order valence-corrected chi connectivity index (χ4v) is 3.68. The summed E-state index contributed by atoms with van der Waals surface area (Å²) >= 11 is 0. The molecule has 0 aromatic heterocycles. The van der Waals surface area contributed by atoms with Gasteiger partial charge in [-0.25, -0.2) is 4.39 Å². The van der Waals surface area contributed by atoms with E-state index in [4.69, 9.17) is 9.47 Å². The maximum absolute atomic E-state index is 13.4. The van der Waals surface area contributed by atoms with Gasteiger partial charge in [0.05, 0.1) is 25.9 Å². The Hall–Kier alpha value is -1.86. The van der Waals surface area contributed by atoms with Gasteiger partial charge in [-0.1, -0.05) is 6.07 Å². The molecular weight excluding hydrogens is 359 g/mol.